The predicted molar refractivity (Wildman–Crippen MR) is 92.3 cm³/mol. The van der Waals surface area contributed by atoms with E-state index >= 15 is 0 Å². The number of ether oxygens (including phenoxy) is 1. The second kappa shape index (κ2) is 7.08. The summed E-state index contributed by atoms with van der Waals surface area (Å²) in [5, 5.41) is 12.9. The van der Waals surface area contributed by atoms with Gasteiger partial charge in [0.05, 0.1) is 0 Å². The molecule has 3 radical (unpaired) electrons. The summed E-state index contributed by atoms with van der Waals surface area (Å²) < 4.78 is 5.13. The molecule has 1 aromatic carbocycles. The number of rotatable bonds is 5. The van der Waals surface area contributed by atoms with Crippen molar-refractivity contribution in [2.45, 2.75) is 44.4 Å². The van der Waals surface area contributed by atoms with Crippen LogP contribution in [0.5, 0.6) is 0 Å². The van der Waals surface area contributed by atoms with Gasteiger partial charge in [-0.15, -0.1) is 0 Å². The van der Waals surface area contributed by atoms with Crippen molar-refractivity contribution in [3.8, 4) is 0 Å². The first-order valence-electron chi connectivity index (χ1n) is 7.66. The van der Waals surface area contributed by atoms with E-state index in [2.05, 4.69) is 20.5 Å². The van der Waals surface area contributed by atoms with Gasteiger partial charge in [-0.25, -0.2) is 9.59 Å². The maximum Gasteiger partial charge on any atom is 0.408 e. The number of alkyl carbamates (subject to hydrolysis) is 1. The van der Waals surface area contributed by atoms with Gasteiger partial charge in [-0.05, 0) is 44.4 Å². The molecular formula is C17H21N2O4Si. The van der Waals surface area contributed by atoms with Gasteiger partial charge in [-0.1, -0.05) is 18.2 Å². The van der Waals surface area contributed by atoms with Crippen LogP contribution in [0.4, 0.5) is 4.79 Å². The van der Waals surface area contributed by atoms with Crippen LogP contribution in [0.15, 0.2) is 30.5 Å². The number of carboxylic acids is 1. The molecule has 0 aliphatic heterocycles. The molecule has 0 aliphatic rings. The highest BCUT2D eigenvalue weighted by atomic mass is 28.1. The van der Waals surface area contributed by atoms with Crippen molar-refractivity contribution < 1.29 is 19.4 Å². The largest absolute Gasteiger partial charge is 0.480 e. The Morgan fingerprint density at radius 1 is 1.33 bits per heavy atom. The molecule has 6 nitrogen and oxygen atoms in total. The van der Waals surface area contributed by atoms with Gasteiger partial charge in [0, 0.05) is 27.3 Å². The van der Waals surface area contributed by atoms with Crippen molar-refractivity contribution in [1.82, 2.24) is 10.3 Å². The summed E-state index contributed by atoms with van der Waals surface area (Å²) in [5.41, 5.74) is 0.779. The molecule has 0 saturated carbocycles. The quantitative estimate of drug-likeness (QED) is 0.727. The molecule has 0 aliphatic carbocycles. The minimum atomic E-state index is -1.12. The van der Waals surface area contributed by atoms with Gasteiger partial charge < -0.3 is 20.1 Å². The second-order valence-corrected chi connectivity index (χ2v) is 7.37. The molecule has 1 amide bonds. The highest BCUT2D eigenvalue weighted by Crippen LogP contribution is 2.23. The van der Waals surface area contributed by atoms with Gasteiger partial charge in [-0.3, -0.25) is 0 Å². The van der Waals surface area contributed by atoms with Gasteiger partial charge in [0.15, 0.2) is 0 Å². The number of amides is 1. The standard InChI is InChI=1S/C17H21N2O4Si/c1-17(2,3)23-16(22)19-14(15(20)21)13(24)8-10-9-18-12-7-5-4-6-11(10)12/h4-7,9,13-14,18H,8H2,1-3H3,(H,19,22)(H,20,21)/t13-,14+/m1/s1. The van der Waals surface area contributed by atoms with E-state index in [9.17, 15) is 14.7 Å². The SMILES string of the molecule is CC(C)(C)OC(=O)N[C@H](C(=O)O)[C@H]([Si])Cc1c[nH]c2ccccc12. The third-order valence-electron chi connectivity index (χ3n) is 3.46. The lowest BCUT2D eigenvalue weighted by Crippen LogP contribution is -2.46. The van der Waals surface area contributed by atoms with E-state index in [1.165, 1.54) is 0 Å². The summed E-state index contributed by atoms with van der Waals surface area (Å²) in [6, 6.07) is 6.67. The number of carbonyl (C=O) groups excluding carboxylic acids is 1. The summed E-state index contributed by atoms with van der Waals surface area (Å²) in [4.78, 5) is 26.5. The van der Waals surface area contributed by atoms with Gasteiger partial charge in [0.1, 0.15) is 11.6 Å². The first-order valence-corrected chi connectivity index (χ1v) is 8.23. The number of hydrogen-bond acceptors (Lipinski definition) is 3. The molecule has 0 unspecified atom stereocenters. The maximum absolute atomic E-state index is 11.9. The van der Waals surface area contributed by atoms with Crippen LogP contribution in [0.3, 0.4) is 0 Å². The zero-order valence-electron chi connectivity index (χ0n) is 13.9. The van der Waals surface area contributed by atoms with E-state index in [0.29, 0.717) is 6.42 Å². The van der Waals surface area contributed by atoms with Crippen LogP contribution in [0.1, 0.15) is 26.3 Å². The first kappa shape index (κ1) is 18.1. The van der Waals surface area contributed by atoms with E-state index in [1.807, 2.05) is 30.5 Å². The minimum absolute atomic E-state index is 0.438. The fraction of sp³-hybridized carbons (Fsp3) is 0.412. The Balaban J connectivity index is 2.10. The Morgan fingerprint density at radius 3 is 2.62 bits per heavy atom. The third-order valence-corrected chi connectivity index (χ3v) is 3.99. The number of nitrogens with one attached hydrogen (secondary N) is 2. The van der Waals surface area contributed by atoms with Gasteiger partial charge >= 0.3 is 12.1 Å². The zero-order valence-corrected chi connectivity index (χ0v) is 14.9. The first-order chi connectivity index (χ1) is 11.2. The van der Waals surface area contributed by atoms with E-state index < -0.39 is 29.2 Å². The average molecular weight is 345 g/mol. The Labute approximate surface area is 144 Å². The molecule has 0 saturated heterocycles. The van der Waals surface area contributed by atoms with E-state index in [4.69, 9.17) is 4.74 Å². The zero-order chi connectivity index (χ0) is 17.9. The van der Waals surface area contributed by atoms with Crippen LogP contribution in [0, 0.1) is 0 Å². The fourth-order valence-corrected chi connectivity index (χ4v) is 2.87. The second-order valence-electron chi connectivity index (χ2n) is 6.63. The number of aliphatic carboxylic acids is 1. The normalized spacial score (nSPS) is 14.2. The summed E-state index contributed by atoms with van der Waals surface area (Å²) in [5.74, 6) is -1.12. The number of fused-ring (bicyclic) bond motifs is 1. The summed E-state index contributed by atoms with van der Waals surface area (Å²) in [7, 11) is 3.45. The van der Waals surface area contributed by atoms with E-state index in [-0.39, 0.29) is 0 Å². The van der Waals surface area contributed by atoms with Crippen molar-refractivity contribution in [3.63, 3.8) is 0 Å². The lowest BCUT2D eigenvalue weighted by molar-refractivity contribution is -0.139. The Hall–Kier alpha value is -2.28. The molecule has 2 atom stereocenters. The number of para-hydroxylation sites is 1. The highest BCUT2D eigenvalue weighted by Gasteiger charge is 2.29. The monoisotopic (exact) mass is 345 g/mol. The average Bonchev–Trinajstić information content (AvgIpc) is 2.86. The molecule has 1 aromatic heterocycles. The smallest absolute Gasteiger partial charge is 0.408 e. The third kappa shape index (κ3) is 4.61. The number of benzene rings is 1. The number of hydrogen-bond donors (Lipinski definition) is 3. The van der Waals surface area contributed by atoms with Crippen molar-refractivity contribution in [3.05, 3.63) is 36.0 Å². The minimum Gasteiger partial charge on any atom is -0.480 e. The van der Waals surface area contributed by atoms with Crippen molar-refractivity contribution in [2.24, 2.45) is 0 Å². The Morgan fingerprint density at radius 2 is 2.00 bits per heavy atom. The van der Waals surface area contributed by atoms with Crippen LogP contribution >= 0.6 is 0 Å². The van der Waals surface area contributed by atoms with E-state index in [1.54, 1.807) is 20.8 Å². The molecule has 3 N–H and O–H groups in total. The van der Waals surface area contributed by atoms with Crippen LogP contribution in [-0.2, 0) is 16.0 Å². The van der Waals surface area contributed by atoms with Gasteiger partial charge in [0.25, 0.3) is 0 Å². The molecule has 127 valence electrons. The van der Waals surface area contributed by atoms with Crippen molar-refractivity contribution in [1.29, 1.82) is 0 Å². The van der Waals surface area contributed by atoms with Crippen LogP contribution < -0.4 is 5.32 Å². The number of aromatic amines is 1. The van der Waals surface area contributed by atoms with Crippen molar-refractivity contribution in [2.75, 3.05) is 0 Å². The van der Waals surface area contributed by atoms with Crippen LogP contribution in [-0.4, -0.2) is 44.0 Å². The number of aromatic nitrogens is 1. The molecule has 0 fully saturated rings. The summed E-state index contributed by atoms with van der Waals surface area (Å²) in [6.45, 7) is 5.17. The Kier molecular flexibility index (Phi) is 5.33. The molecule has 2 aromatic rings. The molecule has 7 heteroatoms. The number of H-pyrrole nitrogens is 1. The number of carbonyl (C=O) groups is 2. The van der Waals surface area contributed by atoms with Gasteiger partial charge in [0.2, 0.25) is 0 Å². The fourth-order valence-electron chi connectivity index (χ4n) is 2.42. The van der Waals surface area contributed by atoms with E-state index in [0.717, 1.165) is 16.5 Å². The molecule has 0 spiro atoms. The van der Waals surface area contributed by atoms with Gasteiger partial charge in [-0.2, -0.15) is 0 Å². The van der Waals surface area contributed by atoms with Crippen molar-refractivity contribution >= 4 is 33.2 Å². The van der Waals surface area contributed by atoms with Crippen LogP contribution in [0.2, 0.25) is 5.54 Å². The molecule has 24 heavy (non-hydrogen) atoms. The predicted octanol–water partition coefficient (Wildman–Crippen LogP) is 2.65. The molecule has 1 heterocycles. The Bertz CT molecular complexity index is 736. The summed E-state index contributed by atoms with van der Waals surface area (Å²) >= 11 is 0. The summed E-state index contributed by atoms with van der Waals surface area (Å²) in [6.07, 6.45) is 1.54. The highest BCUT2D eigenvalue weighted by molar-refractivity contribution is 6.14. The number of carboxylic acid groups (broad SMARTS) is 1. The topological polar surface area (TPSA) is 91.4 Å². The lowest BCUT2D eigenvalue weighted by atomic mass is 10.0. The maximum atomic E-state index is 11.9. The molecular weight excluding hydrogens is 324 g/mol. The van der Waals surface area contributed by atoms with Crippen LogP contribution in [0.25, 0.3) is 10.9 Å². The lowest BCUT2D eigenvalue weighted by Gasteiger charge is -2.24. The molecule has 2 rings (SSSR count). The molecule has 0 bridgehead atoms.